The predicted molar refractivity (Wildman–Crippen MR) is 176 cm³/mol. The van der Waals surface area contributed by atoms with E-state index in [0.29, 0.717) is 11.4 Å². The van der Waals surface area contributed by atoms with Crippen LogP contribution in [0.25, 0.3) is 61.6 Å². The molecule has 0 bridgehead atoms. The molecule has 0 radical (unpaired) electrons. The van der Waals surface area contributed by atoms with Crippen molar-refractivity contribution in [2.24, 2.45) is 0 Å². The van der Waals surface area contributed by atoms with E-state index in [0.717, 1.165) is 44.7 Å². The van der Waals surface area contributed by atoms with Gasteiger partial charge >= 0.3 is 0 Å². The first-order chi connectivity index (χ1) is 21.0. The standard InChI is InChI=1S/C39H31N3O/c1-25-20-26(2)37(27(3)21-25)30-23-28(22-29(24-30)34-16-9-10-19-40-34)32-15-11-17-35-38(32)41-39(33-14-7-8-18-36(33)43)42(35)31-12-5-4-6-13-31/h4-24,43H,1-3H3. The number of aryl methyl sites for hydroxylation is 3. The molecule has 7 aromatic rings. The molecule has 4 nitrogen and oxygen atoms in total. The van der Waals surface area contributed by atoms with E-state index >= 15 is 0 Å². The molecule has 2 heterocycles. The third-order valence-electron chi connectivity index (χ3n) is 8.01. The molecule has 0 aliphatic rings. The van der Waals surface area contributed by atoms with Gasteiger partial charge in [-0.25, -0.2) is 4.98 Å². The van der Waals surface area contributed by atoms with Crippen molar-refractivity contribution in [3.8, 4) is 56.3 Å². The molecule has 4 heteroatoms. The van der Waals surface area contributed by atoms with E-state index in [1.165, 1.54) is 22.3 Å². The van der Waals surface area contributed by atoms with Crippen LogP contribution in [0.3, 0.4) is 0 Å². The number of para-hydroxylation sites is 3. The topological polar surface area (TPSA) is 50.9 Å². The SMILES string of the molecule is Cc1cc(C)c(-c2cc(-c3ccccn3)cc(-c3cccc4c3nc(-c3ccccc3O)n4-c3ccccc3)c2)c(C)c1. The molecule has 7 rings (SSSR count). The number of aromatic nitrogens is 3. The van der Waals surface area contributed by atoms with E-state index < -0.39 is 0 Å². The molecule has 0 atom stereocenters. The summed E-state index contributed by atoms with van der Waals surface area (Å²) in [6, 6.07) is 41.1. The molecule has 208 valence electrons. The van der Waals surface area contributed by atoms with Crippen LogP contribution in [-0.2, 0) is 0 Å². The lowest BCUT2D eigenvalue weighted by atomic mass is 9.89. The predicted octanol–water partition coefficient (Wildman–Crippen LogP) is 9.72. The molecule has 0 unspecified atom stereocenters. The summed E-state index contributed by atoms with van der Waals surface area (Å²) in [6.07, 6.45) is 1.84. The lowest BCUT2D eigenvalue weighted by molar-refractivity contribution is 0.477. The van der Waals surface area contributed by atoms with Crippen molar-refractivity contribution in [3.05, 3.63) is 144 Å². The zero-order valence-corrected chi connectivity index (χ0v) is 24.4. The van der Waals surface area contributed by atoms with E-state index in [4.69, 9.17) is 9.97 Å². The third-order valence-corrected chi connectivity index (χ3v) is 8.01. The Labute approximate surface area is 251 Å². The fourth-order valence-electron chi connectivity index (χ4n) is 6.26. The first-order valence-electron chi connectivity index (χ1n) is 14.5. The van der Waals surface area contributed by atoms with Crippen molar-refractivity contribution in [3.63, 3.8) is 0 Å². The number of fused-ring (bicyclic) bond motifs is 1. The largest absolute Gasteiger partial charge is 0.507 e. The van der Waals surface area contributed by atoms with Crippen molar-refractivity contribution >= 4 is 11.0 Å². The molecule has 0 saturated carbocycles. The van der Waals surface area contributed by atoms with Crippen LogP contribution < -0.4 is 0 Å². The Morgan fingerprint density at radius 1 is 0.605 bits per heavy atom. The molecular formula is C39H31N3O. The van der Waals surface area contributed by atoms with Crippen LogP contribution in [-0.4, -0.2) is 19.6 Å². The molecule has 5 aromatic carbocycles. The van der Waals surface area contributed by atoms with E-state index in [1.54, 1.807) is 6.07 Å². The van der Waals surface area contributed by atoms with Gasteiger partial charge in [-0.2, -0.15) is 0 Å². The average Bonchev–Trinajstić information content (AvgIpc) is 3.41. The second kappa shape index (κ2) is 10.7. The Morgan fingerprint density at radius 2 is 1.28 bits per heavy atom. The first-order valence-corrected chi connectivity index (χ1v) is 14.5. The second-order valence-electron chi connectivity index (χ2n) is 11.1. The van der Waals surface area contributed by atoms with Gasteiger partial charge in [-0.3, -0.25) is 9.55 Å². The summed E-state index contributed by atoms with van der Waals surface area (Å²) < 4.78 is 2.13. The Bertz CT molecular complexity index is 2090. The van der Waals surface area contributed by atoms with Gasteiger partial charge in [0.05, 0.1) is 22.3 Å². The van der Waals surface area contributed by atoms with Gasteiger partial charge in [0.25, 0.3) is 0 Å². The van der Waals surface area contributed by atoms with Crippen molar-refractivity contribution in [2.45, 2.75) is 20.8 Å². The van der Waals surface area contributed by atoms with Crippen LogP contribution in [0.15, 0.2) is 128 Å². The van der Waals surface area contributed by atoms with Crippen molar-refractivity contribution in [1.82, 2.24) is 14.5 Å². The highest BCUT2D eigenvalue weighted by molar-refractivity contribution is 5.97. The number of hydrogen-bond donors (Lipinski definition) is 1. The van der Waals surface area contributed by atoms with Gasteiger partial charge in [-0.15, -0.1) is 0 Å². The molecular weight excluding hydrogens is 526 g/mol. The maximum atomic E-state index is 10.9. The van der Waals surface area contributed by atoms with Crippen LogP contribution in [0, 0.1) is 20.8 Å². The summed E-state index contributed by atoms with van der Waals surface area (Å²) >= 11 is 0. The number of nitrogens with zero attached hydrogens (tertiary/aromatic N) is 3. The summed E-state index contributed by atoms with van der Waals surface area (Å²) in [4.78, 5) is 9.93. The summed E-state index contributed by atoms with van der Waals surface area (Å²) in [6.45, 7) is 6.51. The van der Waals surface area contributed by atoms with Gasteiger partial charge in [-0.05, 0) is 109 Å². The quantitative estimate of drug-likeness (QED) is 0.229. The monoisotopic (exact) mass is 557 g/mol. The molecule has 0 saturated heterocycles. The summed E-state index contributed by atoms with van der Waals surface area (Å²) in [5.41, 5.74) is 13.7. The number of benzene rings is 5. The molecule has 0 aliphatic heterocycles. The minimum atomic E-state index is 0.196. The molecule has 0 fully saturated rings. The number of pyridine rings is 1. The highest BCUT2D eigenvalue weighted by atomic mass is 16.3. The maximum Gasteiger partial charge on any atom is 0.149 e. The summed E-state index contributed by atoms with van der Waals surface area (Å²) in [5, 5.41) is 10.9. The van der Waals surface area contributed by atoms with Gasteiger partial charge in [0.2, 0.25) is 0 Å². The number of phenols is 1. The summed E-state index contributed by atoms with van der Waals surface area (Å²) in [5.74, 6) is 0.888. The van der Waals surface area contributed by atoms with Crippen molar-refractivity contribution < 1.29 is 5.11 Å². The fraction of sp³-hybridized carbons (Fsp3) is 0.0769. The van der Waals surface area contributed by atoms with Crippen LogP contribution in [0.4, 0.5) is 0 Å². The van der Waals surface area contributed by atoms with E-state index in [-0.39, 0.29) is 5.75 Å². The Morgan fingerprint density at radius 3 is 2.02 bits per heavy atom. The third kappa shape index (κ3) is 4.77. The molecule has 0 aliphatic carbocycles. The molecule has 0 spiro atoms. The van der Waals surface area contributed by atoms with Gasteiger partial charge < -0.3 is 5.11 Å². The number of phenolic OH excluding ortho intramolecular Hbond substituents is 1. The smallest absolute Gasteiger partial charge is 0.149 e. The normalized spacial score (nSPS) is 11.2. The second-order valence-corrected chi connectivity index (χ2v) is 11.1. The average molecular weight is 558 g/mol. The number of rotatable bonds is 5. The molecule has 1 N–H and O–H groups in total. The molecule has 43 heavy (non-hydrogen) atoms. The zero-order chi connectivity index (χ0) is 29.5. The lowest BCUT2D eigenvalue weighted by Gasteiger charge is -2.15. The minimum absolute atomic E-state index is 0.196. The van der Waals surface area contributed by atoms with E-state index in [1.807, 2.05) is 54.7 Å². The Balaban J connectivity index is 1.53. The number of hydrogen-bond acceptors (Lipinski definition) is 3. The van der Waals surface area contributed by atoms with Crippen LogP contribution >= 0.6 is 0 Å². The number of aromatic hydroxyl groups is 1. The van der Waals surface area contributed by atoms with Gasteiger partial charge in [0.15, 0.2) is 0 Å². The van der Waals surface area contributed by atoms with Crippen molar-refractivity contribution in [1.29, 1.82) is 0 Å². The Kier molecular flexibility index (Phi) is 6.59. The van der Waals surface area contributed by atoms with Crippen LogP contribution in [0.2, 0.25) is 0 Å². The minimum Gasteiger partial charge on any atom is -0.507 e. The van der Waals surface area contributed by atoms with E-state index in [9.17, 15) is 5.11 Å². The Hall–Kier alpha value is -5.48. The van der Waals surface area contributed by atoms with Crippen LogP contribution in [0.5, 0.6) is 5.75 Å². The highest BCUT2D eigenvalue weighted by Crippen LogP contribution is 2.40. The van der Waals surface area contributed by atoms with Gasteiger partial charge in [0.1, 0.15) is 11.6 Å². The first kappa shape index (κ1) is 26.4. The maximum absolute atomic E-state index is 10.9. The van der Waals surface area contributed by atoms with Crippen molar-refractivity contribution in [2.75, 3.05) is 0 Å². The zero-order valence-electron chi connectivity index (χ0n) is 24.4. The fourth-order valence-corrected chi connectivity index (χ4v) is 6.26. The van der Waals surface area contributed by atoms with E-state index in [2.05, 4.69) is 92.1 Å². The lowest BCUT2D eigenvalue weighted by Crippen LogP contribution is -1.97. The van der Waals surface area contributed by atoms with Gasteiger partial charge in [-0.1, -0.05) is 66.2 Å². The molecule has 2 aromatic heterocycles. The van der Waals surface area contributed by atoms with Crippen LogP contribution in [0.1, 0.15) is 16.7 Å². The molecule has 0 amide bonds. The number of imidazole rings is 1. The summed E-state index contributed by atoms with van der Waals surface area (Å²) in [7, 11) is 0. The highest BCUT2D eigenvalue weighted by Gasteiger charge is 2.20. The van der Waals surface area contributed by atoms with Gasteiger partial charge in [0, 0.05) is 23.0 Å².